The van der Waals surface area contributed by atoms with Gasteiger partial charge >= 0.3 is 6.09 Å². The highest BCUT2D eigenvalue weighted by molar-refractivity contribution is 5.92. The fourth-order valence-corrected chi connectivity index (χ4v) is 4.51. The summed E-state index contributed by atoms with van der Waals surface area (Å²) < 4.78 is 10.9. The summed E-state index contributed by atoms with van der Waals surface area (Å²) in [5, 5.41) is 21.4. The van der Waals surface area contributed by atoms with Gasteiger partial charge in [0.15, 0.2) is 5.82 Å². The van der Waals surface area contributed by atoms with Gasteiger partial charge in [-0.25, -0.2) is 14.8 Å². The Labute approximate surface area is 197 Å². The van der Waals surface area contributed by atoms with Crippen molar-refractivity contribution in [3.8, 4) is 17.1 Å². The molecule has 2 fully saturated rings. The Morgan fingerprint density at radius 3 is 2.82 bits per heavy atom. The third kappa shape index (κ3) is 4.36. The molecule has 2 atom stereocenters. The van der Waals surface area contributed by atoms with E-state index in [9.17, 15) is 15.0 Å². The van der Waals surface area contributed by atoms with Crippen LogP contribution in [0.25, 0.3) is 22.3 Å². The lowest BCUT2D eigenvalue weighted by atomic mass is 10.1. The van der Waals surface area contributed by atoms with Crippen molar-refractivity contribution < 1.29 is 24.5 Å². The van der Waals surface area contributed by atoms with E-state index in [0.29, 0.717) is 56.5 Å². The molecule has 0 bridgehead atoms. The van der Waals surface area contributed by atoms with Crippen molar-refractivity contribution in [1.82, 2.24) is 14.9 Å². The van der Waals surface area contributed by atoms with Crippen molar-refractivity contribution in [2.75, 3.05) is 44.4 Å². The van der Waals surface area contributed by atoms with Crippen molar-refractivity contribution in [2.24, 2.45) is 0 Å². The van der Waals surface area contributed by atoms with Crippen LogP contribution in [0.2, 0.25) is 0 Å². The van der Waals surface area contributed by atoms with Gasteiger partial charge in [-0.2, -0.15) is 0 Å². The number of rotatable bonds is 4. The van der Waals surface area contributed by atoms with E-state index >= 15 is 0 Å². The molecule has 2 N–H and O–H groups in total. The SMILES string of the molecule is Cc1ccc2c(N3CCN(C(=O)OC4CCOC4)[C@@H](CO)C3)nc(-c3ccccc3O)nc2c1. The Morgan fingerprint density at radius 2 is 2.06 bits per heavy atom. The monoisotopic (exact) mass is 464 g/mol. The first-order valence-corrected chi connectivity index (χ1v) is 11.5. The van der Waals surface area contributed by atoms with E-state index in [4.69, 9.17) is 19.4 Å². The number of carbonyl (C=O) groups is 1. The van der Waals surface area contributed by atoms with Crippen LogP contribution < -0.4 is 4.90 Å². The standard InChI is InChI=1S/C25H28N4O5/c1-16-6-7-19-21(12-16)26-23(20-4-2-3-5-22(20)31)27-24(19)28-9-10-29(17(13-28)14-30)25(32)34-18-8-11-33-15-18/h2-7,12,17-18,30-31H,8-11,13-15H2,1H3/t17-,18?/m1/s1. The number of aromatic hydroxyl groups is 1. The summed E-state index contributed by atoms with van der Waals surface area (Å²) in [5.74, 6) is 1.24. The maximum atomic E-state index is 12.8. The Balaban J connectivity index is 1.46. The molecule has 1 aromatic heterocycles. The number of amides is 1. The summed E-state index contributed by atoms with van der Waals surface area (Å²) in [6.45, 7) is 4.12. The summed E-state index contributed by atoms with van der Waals surface area (Å²) in [6, 6.07) is 12.5. The molecule has 2 aliphatic heterocycles. The smallest absolute Gasteiger partial charge is 0.410 e. The van der Waals surface area contributed by atoms with E-state index in [0.717, 1.165) is 16.5 Å². The number of ether oxygens (including phenoxy) is 2. The van der Waals surface area contributed by atoms with Crippen LogP contribution >= 0.6 is 0 Å². The summed E-state index contributed by atoms with van der Waals surface area (Å²) in [4.78, 5) is 26.0. The quantitative estimate of drug-likeness (QED) is 0.607. The van der Waals surface area contributed by atoms with Crippen molar-refractivity contribution in [2.45, 2.75) is 25.5 Å². The first-order valence-electron chi connectivity index (χ1n) is 11.5. The minimum absolute atomic E-state index is 0.108. The zero-order valence-electron chi connectivity index (χ0n) is 19.1. The van der Waals surface area contributed by atoms with Crippen molar-refractivity contribution in [3.05, 3.63) is 48.0 Å². The van der Waals surface area contributed by atoms with E-state index in [2.05, 4.69) is 4.90 Å². The van der Waals surface area contributed by atoms with Crippen LogP contribution in [-0.4, -0.2) is 82.8 Å². The third-order valence-electron chi connectivity index (χ3n) is 6.36. The maximum Gasteiger partial charge on any atom is 0.410 e. The predicted octanol–water partition coefficient (Wildman–Crippen LogP) is 2.72. The Kier molecular flexibility index (Phi) is 6.21. The molecular weight excluding hydrogens is 436 g/mol. The van der Waals surface area contributed by atoms with Crippen LogP contribution in [0.15, 0.2) is 42.5 Å². The van der Waals surface area contributed by atoms with E-state index < -0.39 is 12.1 Å². The zero-order valence-corrected chi connectivity index (χ0v) is 19.1. The lowest BCUT2D eigenvalue weighted by Crippen LogP contribution is -2.57. The second-order valence-electron chi connectivity index (χ2n) is 8.75. The lowest BCUT2D eigenvalue weighted by Gasteiger charge is -2.41. The Bertz CT molecular complexity index is 1200. The summed E-state index contributed by atoms with van der Waals surface area (Å²) in [6.07, 6.45) is 0.0315. The van der Waals surface area contributed by atoms with Gasteiger partial charge in [-0.1, -0.05) is 18.2 Å². The van der Waals surface area contributed by atoms with Gasteiger partial charge < -0.3 is 24.6 Å². The highest BCUT2D eigenvalue weighted by Crippen LogP contribution is 2.33. The number of fused-ring (bicyclic) bond motifs is 1. The molecule has 0 spiro atoms. The predicted molar refractivity (Wildman–Crippen MR) is 127 cm³/mol. The van der Waals surface area contributed by atoms with Gasteiger partial charge in [-0.05, 0) is 36.8 Å². The number of para-hydroxylation sites is 1. The second-order valence-corrected chi connectivity index (χ2v) is 8.75. The molecule has 0 aliphatic carbocycles. The van der Waals surface area contributed by atoms with Crippen LogP contribution in [0.4, 0.5) is 10.6 Å². The second kappa shape index (κ2) is 9.44. The van der Waals surface area contributed by atoms with Crippen LogP contribution in [0.3, 0.4) is 0 Å². The van der Waals surface area contributed by atoms with Crippen molar-refractivity contribution >= 4 is 22.8 Å². The average Bonchev–Trinajstić information content (AvgIpc) is 3.36. The van der Waals surface area contributed by atoms with Gasteiger partial charge in [0.2, 0.25) is 0 Å². The number of aliphatic hydroxyl groups is 1. The molecule has 9 heteroatoms. The maximum absolute atomic E-state index is 12.8. The van der Waals surface area contributed by atoms with Crippen LogP contribution in [0, 0.1) is 6.92 Å². The molecule has 9 nitrogen and oxygen atoms in total. The number of hydrogen-bond donors (Lipinski definition) is 2. The van der Waals surface area contributed by atoms with E-state index in [1.54, 1.807) is 23.1 Å². The fraction of sp³-hybridized carbons (Fsp3) is 0.400. The lowest BCUT2D eigenvalue weighted by molar-refractivity contribution is 0.0320. The Hall–Kier alpha value is -3.43. The molecule has 0 radical (unpaired) electrons. The molecule has 3 aromatic rings. The number of nitrogens with zero attached hydrogens (tertiary/aromatic N) is 4. The van der Waals surface area contributed by atoms with Gasteiger partial charge in [-0.3, -0.25) is 4.90 Å². The number of aryl methyl sites for hydroxylation is 1. The zero-order chi connectivity index (χ0) is 23.7. The highest BCUT2D eigenvalue weighted by atomic mass is 16.6. The van der Waals surface area contributed by atoms with Crippen molar-refractivity contribution in [3.63, 3.8) is 0 Å². The normalized spacial score (nSPS) is 20.6. The average molecular weight is 465 g/mol. The molecule has 3 heterocycles. The molecule has 1 unspecified atom stereocenters. The van der Waals surface area contributed by atoms with Gasteiger partial charge in [0.1, 0.15) is 17.7 Å². The van der Waals surface area contributed by atoms with Gasteiger partial charge in [0, 0.05) is 31.4 Å². The van der Waals surface area contributed by atoms with Crippen LogP contribution in [0.5, 0.6) is 5.75 Å². The Morgan fingerprint density at radius 1 is 1.21 bits per heavy atom. The van der Waals surface area contributed by atoms with Gasteiger partial charge in [0.05, 0.1) is 36.9 Å². The summed E-state index contributed by atoms with van der Waals surface area (Å²) in [5.41, 5.74) is 2.39. The van der Waals surface area contributed by atoms with E-state index in [1.165, 1.54) is 0 Å². The topological polar surface area (TPSA) is 108 Å². The molecule has 2 aliphatic rings. The number of carbonyl (C=O) groups excluding carboxylic acids is 1. The summed E-state index contributed by atoms with van der Waals surface area (Å²) >= 11 is 0. The number of aliphatic hydroxyl groups excluding tert-OH is 1. The number of phenolic OH excluding ortho intramolecular Hbond substituents is 1. The fourth-order valence-electron chi connectivity index (χ4n) is 4.51. The first kappa shape index (κ1) is 22.4. The number of benzene rings is 2. The first-order chi connectivity index (χ1) is 16.5. The molecule has 1 amide bonds. The number of aromatic nitrogens is 2. The van der Waals surface area contributed by atoms with Crippen molar-refractivity contribution in [1.29, 1.82) is 0 Å². The van der Waals surface area contributed by atoms with E-state index in [-0.39, 0.29) is 18.5 Å². The minimum Gasteiger partial charge on any atom is -0.507 e. The molecule has 5 rings (SSSR count). The molecule has 0 saturated carbocycles. The molecule has 34 heavy (non-hydrogen) atoms. The van der Waals surface area contributed by atoms with Crippen LogP contribution in [0.1, 0.15) is 12.0 Å². The number of hydrogen-bond acceptors (Lipinski definition) is 8. The largest absolute Gasteiger partial charge is 0.507 e. The van der Waals surface area contributed by atoms with E-state index in [1.807, 2.05) is 31.2 Å². The number of phenols is 1. The number of anilines is 1. The molecular formula is C25H28N4O5. The van der Waals surface area contributed by atoms with Gasteiger partial charge in [-0.15, -0.1) is 0 Å². The third-order valence-corrected chi connectivity index (χ3v) is 6.36. The molecule has 2 saturated heterocycles. The van der Waals surface area contributed by atoms with Gasteiger partial charge in [0.25, 0.3) is 0 Å². The summed E-state index contributed by atoms with van der Waals surface area (Å²) in [7, 11) is 0. The van der Waals surface area contributed by atoms with Crippen LogP contribution in [-0.2, 0) is 9.47 Å². The minimum atomic E-state index is -0.437. The highest BCUT2D eigenvalue weighted by Gasteiger charge is 2.34. The molecule has 178 valence electrons. The molecule has 2 aromatic carbocycles. The number of piperazine rings is 1.